The number of aliphatic carboxylic acids is 1. The third-order valence-electron chi connectivity index (χ3n) is 5.61. The number of aromatic nitrogens is 1. The van der Waals surface area contributed by atoms with E-state index in [2.05, 4.69) is 5.16 Å². The maximum atomic E-state index is 12.5. The minimum Gasteiger partial charge on any atom is -0.492 e. The van der Waals surface area contributed by atoms with Gasteiger partial charge in [0.05, 0.1) is 22.5 Å². The van der Waals surface area contributed by atoms with Crippen molar-refractivity contribution < 1.29 is 24.6 Å². The summed E-state index contributed by atoms with van der Waals surface area (Å²) in [5.74, 6) is -0.0319. The van der Waals surface area contributed by atoms with Crippen LogP contribution < -0.4 is 9.61 Å². The summed E-state index contributed by atoms with van der Waals surface area (Å²) in [5, 5.41) is 22.0. The molecular weight excluding hydrogens is 444 g/mol. The summed E-state index contributed by atoms with van der Waals surface area (Å²) < 4.78 is 13.6. The number of carboxylic acids is 1. The van der Waals surface area contributed by atoms with Gasteiger partial charge in [-0.2, -0.15) is 0 Å². The molecule has 1 aliphatic rings. The molecule has 174 valence electrons. The Bertz CT molecular complexity index is 1210. The Morgan fingerprint density at radius 3 is 2.64 bits per heavy atom. The van der Waals surface area contributed by atoms with Gasteiger partial charge in [-0.15, -0.1) is 0 Å². The van der Waals surface area contributed by atoms with E-state index in [1.165, 1.54) is 11.3 Å². The molecule has 0 saturated heterocycles. The molecule has 0 amide bonds. The normalized spacial score (nSPS) is 15.0. The van der Waals surface area contributed by atoms with Crippen molar-refractivity contribution in [1.29, 1.82) is 0 Å². The van der Waals surface area contributed by atoms with Gasteiger partial charge in [0.15, 0.2) is 6.10 Å². The minimum absolute atomic E-state index is 0.0642. The van der Waals surface area contributed by atoms with Crippen LogP contribution in [0, 0.1) is 5.92 Å². The van der Waals surface area contributed by atoms with Gasteiger partial charge in [0.2, 0.25) is 0 Å². The van der Waals surface area contributed by atoms with Crippen molar-refractivity contribution in [2.24, 2.45) is 11.1 Å². The second-order valence-electron chi connectivity index (χ2n) is 7.94. The Hall–Kier alpha value is -3.17. The first-order valence-corrected chi connectivity index (χ1v) is 11.7. The van der Waals surface area contributed by atoms with Gasteiger partial charge in [0, 0.05) is 24.5 Å². The van der Waals surface area contributed by atoms with Crippen molar-refractivity contribution in [2.75, 3.05) is 13.2 Å². The third kappa shape index (κ3) is 5.43. The van der Waals surface area contributed by atoms with Crippen molar-refractivity contribution in [3.05, 3.63) is 63.3 Å². The van der Waals surface area contributed by atoms with E-state index in [9.17, 15) is 19.9 Å². The number of thiazole rings is 1. The molecule has 1 unspecified atom stereocenters. The van der Waals surface area contributed by atoms with Crippen LogP contribution in [0.3, 0.4) is 0 Å². The lowest BCUT2D eigenvalue weighted by atomic mass is 10.1. The molecular formula is C24H26N2O6S. The average molecular weight is 471 g/mol. The Kier molecular flexibility index (Phi) is 7.10. The number of rotatable bonds is 11. The van der Waals surface area contributed by atoms with E-state index in [0.717, 1.165) is 34.2 Å². The first-order valence-electron chi connectivity index (χ1n) is 10.9. The van der Waals surface area contributed by atoms with E-state index in [-0.39, 0.29) is 11.3 Å². The summed E-state index contributed by atoms with van der Waals surface area (Å²) in [7, 11) is 0. The number of hydrogen-bond donors (Lipinski definition) is 2. The highest BCUT2D eigenvalue weighted by atomic mass is 32.1. The van der Waals surface area contributed by atoms with Crippen LogP contribution in [0.4, 0.5) is 0 Å². The van der Waals surface area contributed by atoms with Gasteiger partial charge in [-0.3, -0.25) is 9.36 Å². The van der Waals surface area contributed by atoms with Crippen molar-refractivity contribution in [1.82, 2.24) is 4.57 Å². The molecule has 2 aromatic carbocycles. The monoisotopic (exact) mass is 470 g/mol. The van der Waals surface area contributed by atoms with Gasteiger partial charge in [0.25, 0.3) is 0 Å². The van der Waals surface area contributed by atoms with E-state index in [4.69, 9.17) is 9.47 Å². The Labute approximate surface area is 194 Å². The third-order valence-corrected chi connectivity index (χ3v) is 6.55. The van der Waals surface area contributed by atoms with Gasteiger partial charge in [0.1, 0.15) is 12.4 Å². The quantitative estimate of drug-likeness (QED) is 0.251. The Morgan fingerprint density at radius 2 is 2.00 bits per heavy atom. The van der Waals surface area contributed by atoms with Crippen LogP contribution in [0.25, 0.3) is 10.2 Å². The highest BCUT2D eigenvalue weighted by molar-refractivity contribution is 7.16. The molecule has 8 nitrogen and oxygen atoms in total. The molecule has 0 radical (unpaired) electrons. The molecule has 1 saturated carbocycles. The predicted octanol–water partition coefficient (Wildman–Crippen LogP) is 3.76. The zero-order valence-corrected chi connectivity index (χ0v) is 19.1. The SMILES string of the molecule is CCOC(Cc1ccc(OCCn2c(=O)sc3cc(/C(=N\O)C4CC4)ccc32)cc1)C(=O)O. The lowest BCUT2D eigenvalue weighted by Gasteiger charge is -2.13. The lowest BCUT2D eigenvalue weighted by molar-refractivity contribution is -0.149. The molecule has 3 aromatic rings. The van der Waals surface area contributed by atoms with E-state index in [0.29, 0.717) is 37.1 Å². The van der Waals surface area contributed by atoms with Crippen LogP contribution >= 0.6 is 11.3 Å². The number of ether oxygens (including phenoxy) is 2. The molecule has 1 heterocycles. The van der Waals surface area contributed by atoms with Gasteiger partial charge in [-0.25, -0.2) is 4.79 Å². The second-order valence-corrected chi connectivity index (χ2v) is 8.93. The zero-order valence-electron chi connectivity index (χ0n) is 18.3. The minimum atomic E-state index is -0.981. The molecule has 0 bridgehead atoms. The topological polar surface area (TPSA) is 110 Å². The van der Waals surface area contributed by atoms with Gasteiger partial charge in [-0.1, -0.05) is 34.7 Å². The fourth-order valence-electron chi connectivity index (χ4n) is 3.78. The maximum Gasteiger partial charge on any atom is 0.333 e. The van der Waals surface area contributed by atoms with Crippen LogP contribution in [-0.4, -0.2) is 45.9 Å². The second kappa shape index (κ2) is 10.2. The van der Waals surface area contributed by atoms with Crippen LogP contribution in [0.15, 0.2) is 52.4 Å². The van der Waals surface area contributed by atoms with Crippen LogP contribution in [0.1, 0.15) is 30.9 Å². The van der Waals surface area contributed by atoms with E-state index < -0.39 is 12.1 Å². The standard InChI is InChI=1S/C24H26N2O6S/c1-2-31-20(23(27)28)13-15-3-8-18(9-4-15)32-12-11-26-19-10-7-17(14-21(19)33-24(26)29)22(25-30)16-5-6-16/h3-4,7-10,14,16,20,30H,2,5-6,11-13H2,1H3,(H,27,28)/b25-22-. The molecule has 1 aliphatic carbocycles. The summed E-state index contributed by atoms with van der Waals surface area (Å²) in [4.78, 5) is 23.7. The molecule has 2 N–H and O–H groups in total. The van der Waals surface area contributed by atoms with E-state index in [1.807, 2.05) is 30.3 Å². The van der Waals surface area contributed by atoms with E-state index >= 15 is 0 Å². The van der Waals surface area contributed by atoms with Crippen LogP contribution in [0.2, 0.25) is 0 Å². The first kappa shape index (κ1) is 23.0. The summed E-state index contributed by atoms with van der Waals surface area (Å²) in [6.07, 6.45) is 1.47. The number of carboxylic acid groups (broad SMARTS) is 1. The molecule has 0 spiro atoms. The number of fused-ring (bicyclic) bond motifs is 1. The fraction of sp³-hybridized carbons (Fsp3) is 0.375. The number of carbonyl (C=O) groups is 1. The molecule has 1 aromatic heterocycles. The number of nitrogens with zero attached hydrogens (tertiary/aromatic N) is 2. The number of hydrogen-bond acceptors (Lipinski definition) is 7. The summed E-state index contributed by atoms with van der Waals surface area (Å²) in [6, 6.07) is 12.9. The zero-order chi connectivity index (χ0) is 23.4. The summed E-state index contributed by atoms with van der Waals surface area (Å²) in [5.41, 5.74) is 3.21. The maximum absolute atomic E-state index is 12.5. The van der Waals surface area contributed by atoms with Crippen LogP contribution in [-0.2, 0) is 22.5 Å². The van der Waals surface area contributed by atoms with Crippen LogP contribution in [0.5, 0.6) is 5.75 Å². The lowest BCUT2D eigenvalue weighted by Crippen LogP contribution is -2.26. The van der Waals surface area contributed by atoms with Crippen molar-refractivity contribution in [3.8, 4) is 5.75 Å². The van der Waals surface area contributed by atoms with Gasteiger partial charge >= 0.3 is 10.8 Å². The van der Waals surface area contributed by atoms with Crippen molar-refractivity contribution >= 4 is 33.2 Å². The largest absolute Gasteiger partial charge is 0.492 e. The average Bonchev–Trinajstić information content (AvgIpc) is 3.58. The highest BCUT2D eigenvalue weighted by Gasteiger charge is 2.29. The molecule has 4 rings (SSSR count). The Morgan fingerprint density at radius 1 is 1.24 bits per heavy atom. The summed E-state index contributed by atoms with van der Waals surface area (Å²) in [6.45, 7) is 2.82. The summed E-state index contributed by atoms with van der Waals surface area (Å²) >= 11 is 1.17. The van der Waals surface area contributed by atoms with E-state index in [1.54, 1.807) is 23.6 Å². The molecule has 9 heteroatoms. The predicted molar refractivity (Wildman–Crippen MR) is 126 cm³/mol. The number of benzene rings is 2. The first-order chi connectivity index (χ1) is 16.0. The van der Waals surface area contributed by atoms with Crippen molar-refractivity contribution in [3.63, 3.8) is 0 Å². The molecule has 33 heavy (non-hydrogen) atoms. The smallest absolute Gasteiger partial charge is 0.333 e. The molecule has 1 fully saturated rings. The number of oxime groups is 1. The highest BCUT2D eigenvalue weighted by Crippen LogP contribution is 2.34. The van der Waals surface area contributed by atoms with Gasteiger partial charge < -0.3 is 19.8 Å². The van der Waals surface area contributed by atoms with Gasteiger partial charge in [-0.05, 0) is 49.6 Å². The molecule has 1 atom stereocenters. The van der Waals surface area contributed by atoms with Crippen molar-refractivity contribution in [2.45, 2.75) is 38.8 Å². The Balaban J connectivity index is 1.38. The molecule has 0 aliphatic heterocycles. The fourth-order valence-corrected chi connectivity index (χ4v) is 4.74.